The zero-order valence-electron chi connectivity index (χ0n) is 21.1. The Morgan fingerprint density at radius 3 is 2.22 bits per heavy atom. The number of carbonyl (C=O) groups is 1. The zero-order valence-corrected chi connectivity index (χ0v) is 21.9. The lowest BCUT2D eigenvalue weighted by Gasteiger charge is -2.25. The lowest BCUT2D eigenvalue weighted by molar-refractivity contribution is -0.120. The molecule has 0 radical (unpaired) electrons. The summed E-state index contributed by atoms with van der Waals surface area (Å²) in [4.78, 5) is 15.4. The Hall–Kier alpha value is -3.59. The Kier molecular flexibility index (Phi) is 8.33. The van der Waals surface area contributed by atoms with Crippen LogP contribution in [0.4, 0.5) is 15.8 Å². The molecule has 1 saturated heterocycles. The van der Waals surface area contributed by atoms with Gasteiger partial charge in [0.25, 0.3) is 10.0 Å². The number of carbonyl (C=O) groups excluding carboxylic acids is 1. The molecule has 1 fully saturated rings. The summed E-state index contributed by atoms with van der Waals surface area (Å²) in [6.45, 7) is 5.78. The fourth-order valence-corrected chi connectivity index (χ4v) is 5.80. The molecule has 196 valence electrons. The average Bonchev–Trinajstić information content (AvgIpc) is 3.44. The first kappa shape index (κ1) is 26.5. The van der Waals surface area contributed by atoms with Gasteiger partial charge in [-0.1, -0.05) is 12.1 Å². The van der Waals surface area contributed by atoms with Crippen LogP contribution >= 0.6 is 0 Å². The van der Waals surface area contributed by atoms with Gasteiger partial charge in [-0.15, -0.1) is 0 Å². The Balaban J connectivity index is 1.51. The van der Waals surface area contributed by atoms with E-state index in [0.717, 1.165) is 28.6 Å². The first-order valence-electron chi connectivity index (χ1n) is 12.4. The lowest BCUT2D eigenvalue weighted by Crippen LogP contribution is -2.41. The van der Waals surface area contributed by atoms with Crippen LogP contribution in [0.25, 0.3) is 0 Å². The van der Waals surface area contributed by atoms with Crippen LogP contribution in [0.2, 0.25) is 0 Å². The number of nitrogens with zero attached hydrogens (tertiary/aromatic N) is 2. The summed E-state index contributed by atoms with van der Waals surface area (Å²) in [5.74, 6) is -0.440. The topological polar surface area (TPSA) is 79.0 Å². The number of benzene rings is 3. The van der Waals surface area contributed by atoms with Crippen LogP contribution in [0, 0.1) is 5.82 Å². The third-order valence-corrected chi connectivity index (χ3v) is 8.15. The highest BCUT2D eigenvalue weighted by molar-refractivity contribution is 7.92. The molecule has 7 nitrogen and oxygen atoms in total. The number of hydrogen-bond donors (Lipinski definition) is 1. The third-order valence-electron chi connectivity index (χ3n) is 6.37. The fourth-order valence-electron chi connectivity index (χ4n) is 4.37. The van der Waals surface area contributed by atoms with Crippen molar-refractivity contribution in [3.8, 4) is 5.75 Å². The van der Waals surface area contributed by atoms with Gasteiger partial charge in [-0.05, 0) is 92.9 Å². The summed E-state index contributed by atoms with van der Waals surface area (Å²) in [6, 6.07) is 18.7. The van der Waals surface area contributed by atoms with Gasteiger partial charge in [0.15, 0.2) is 0 Å². The second-order valence-corrected chi connectivity index (χ2v) is 10.8. The van der Waals surface area contributed by atoms with Crippen LogP contribution in [0.15, 0.2) is 77.7 Å². The van der Waals surface area contributed by atoms with Gasteiger partial charge in [-0.25, -0.2) is 12.8 Å². The molecule has 1 heterocycles. The van der Waals surface area contributed by atoms with Crippen molar-refractivity contribution in [2.24, 2.45) is 0 Å². The van der Waals surface area contributed by atoms with Gasteiger partial charge < -0.3 is 15.0 Å². The van der Waals surface area contributed by atoms with Gasteiger partial charge >= 0.3 is 0 Å². The average molecular weight is 526 g/mol. The molecule has 0 spiro atoms. The smallest absolute Gasteiger partial charge is 0.264 e. The van der Waals surface area contributed by atoms with Crippen LogP contribution in [0.3, 0.4) is 0 Å². The largest absolute Gasteiger partial charge is 0.494 e. The molecule has 0 saturated carbocycles. The zero-order chi connectivity index (χ0) is 26.4. The van der Waals surface area contributed by atoms with Gasteiger partial charge in [-0.2, -0.15) is 0 Å². The fraction of sp³-hybridized carbons (Fsp3) is 0.321. The summed E-state index contributed by atoms with van der Waals surface area (Å²) in [5, 5.41) is 2.89. The Morgan fingerprint density at radius 2 is 1.62 bits per heavy atom. The van der Waals surface area contributed by atoms with Crippen LogP contribution in [-0.2, 0) is 14.8 Å². The molecule has 0 aromatic heterocycles. The predicted octanol–water partition coefficient (Wildman–Crippen LogP) is 4.90. The quantitative estimate of drug-likeness (QED) is 0.408. The van der Waals surface area contributed by atoms with Gasteiger partial charge in [0, 0.05) is 18.8 Å². The SMILES string of the molecule is CCOc1ccc(S(=O)(=O)N(CC(=O)NC(C)c2ccc(N3CCCC3)cc2)c2ccc(F)cc2)cc1. The predicted molar refractivity (Wildman–Crippen MR) is 143 cm³/mol. The van der Waals surface area contributed by atoms with E-state index in [1.165, 1.54) is 49.2 Å². The van der Waals surface area contributed by atoms with Crippen molar-refractivity contribution in [2.45, 2.75) is 37.6 Å². The molecule has 1 aliphatic heterocycles. The molecule has 3 aromatic carbocycles. The van der Waals surface area contributed by atoms with Crippen LogP contribution in [-0.4, -0.2) is 40.6 Å². The van der Waals surface area contributed by atoms with Crippen molar-refractivity contribution in [1.82, 2.24) is 5.32 Å². The maximum absolute atomic E-state index is 13.6. The summed E-state index contributed by atoms with van der Waals surface area (Å²) in [6.07, 6.45) is 2.39. The standard InChI is InChI=1S/C28H32FN3O4S/c1-3-36-26-14-16-27(17-15-26)37(34,35)32(25-12-8-23(29)9-13-25)20-28(33)30-21(2)22-6-10-24(11-7-22)31-18-4-5-19-31/h6-17,21H,3-5,18-20H2,1-2H3,(H,30,33). The van der Waals surface area contributed by atoms with Crippen molar-refractivity contribution >= 4 is 27.3 Å². The molecule has 37 heavy (non-hydrogen) atoms. The van der Waals surface area contributed by atoms with E-state index in [-0.39, 0.29) is 16.6 Å². The number of sulfonamides is 1. The van der Waals surface area contributed by atoms with E-state index in [1.807, 2.05) is 38.1 Å². The minimum Gasteiger partial charge on any atom is -0.494 e. The van der Waals surface area contributed by atoms with E-state index in [0.29, 0.717) is 12.4 Å². The molecule has 1 unspecified atom stereocenters. The molecule has 1 amide bonds. The van der Waals surface area contributed by atoms with Crippen LogP contribution in [0.5, 0.6) is 5.75 Å². The molecular weight excluding hydrogens is 493 g/mol. The first-order chi connectivity index (χ1) is 17.8. The van der Waals surface area contributed by atoms with Gasteiger partial charge in [-0.3, -0.25) is 9.10 Å². The summed E-state index contributed by atoms with van der Waals surface area (Å²) >= 11 is 0. The molecule has 3 aromatic rings. The first-order valence-corrected chi connectivity index (χ1v) is 13.9. The van der Waals surface area contributed by atoms with Crippen LogP contribution in [0.1, 0.15) is 38.3 Å². The number of nitrogens with one attached hydrogen (secondary N) is 1. The van der Waals surface area contributed by atoms with Crippen molar-refractivity contribution in [2.75, 3.05) is 35.4 Å². The Labute approximate surface area is 217 Å². The molecule has 1 aliphatic rings. The molecule has 1 atom stereocenters. The molecule has 0 bridgehead atoms. The number of amides is 1. The van der Waals surface area contributed by atoms with E-state index in [4.69, 9.17) is 4.74 Å². The highest BCUT2D eigenvalue weighted by Gasteiger charge is 2.28. The maximum Gasteiger partial charge on any atom is 0.264 e. The van der Waals surface area contributed by atoms with E-state index in [2.05, 4.69) is 10.2 Å². The Morgan fingerprint density at radius 1 is 1.00 bits per heavy atom. The summed E-state index contributed by atoms with van der Waals surface area (Å²) in [5.41, 5.74) is 2.26. The maximum atomic E-state index is 13.6. The number of ether oxygens (including phenoxy) is 1. The van der Waals surface area contributed by atoms with E-state index >= 15 is 0 Å². The second kappa shape index (κ2) is 11.6. The molecule has 4 rings (SSSR count). The highest BCUT2D eigenvalue weighted by Crippen LogP contribution is 2.26. The van der Waals surface area contributed by atoms with E-state index in [9.17, 15) is 17.6 Å². The third kappa shape index (κ3) is 6.40. The summed E-state index contributed by atoms with van der Waals surface area (Å²) in [7, 11) is -4.12. The summed E-state index contributed by atoms with van der Waals surface area (Å²) < 4.78 is 47.1. The number of hydrogen-bond acceptors (Lipinski definition) is 5. The van der Waals surface area contributed by atoms with Gasteiger partial charge in [0.2, 0.25) is 5.91 Å². The normalized spacial score (nSPS) is 14.3. The monoisotopic (exact) mass is 525 g/mol. The lowest BCUT2D eigenvalue weighted by atomic mass is 10.1. The number of anilines is 2. The van der Waals surface area contributed by atoms with Crippen molar-refractivity contribution in [3.63, 3.8) is 0 Å². The van der Waals surface area contributed by atoms with Crippen molar-refractivity contribution in [3.05, 3.63) is 84.2 Å². The van der Waals surface area contributed by atoms with Crippen molar-refractivity contribution < 1.29 is 22.3 Å². The van der Waals surface area contributed by atoms with Gasteiger partial charge in [0.05, 0.1) is 23.2 Å². The minimum absolute atomic E-state index is 0.00127. The van der Waals surface area contributed by atoms with E-state index in [1.54, 1.807) is 12.1 Å². The Bertz CT molecular complexity index is 1290. The molecule has 9 heteroatoms. The molecule has 1 N–H and O–H groups in total. The highest BCUT2D eigenvalue weighted by atomic mass is 32.2. The van der Waals surface area contributed by atoms with Crippen LogP contribution < -0.4 is 19.3 Å². The van der Waals surface area contributed by atoms with Crippen molar-refractivity contribution in [1.29, 1.82) is 0 Å². The molecule has 0 aliphatic carbocycles. The number of rotatable bonds is 10. The van der Waals surface area contributed by atoms with E-state index < -0.39 is 28.3 Å². The number of halogens is 1. The minimum atomic E-state index is -4.12. The second-order valence-electron chi connectivity index (χ2n) is 8.97. The molecular formula is C28H32FN3O4S. The van der Waals surface area contributed by atoms with Gasteiger partial charge in [0.1, 0.15) is 18.1 Å².